The lowest BCUT2D eigenvalue weighted by molar-refractivity contribution is -0.123. The fourth-order valence-corrected chi connectivity index (χ4v) is 6.71. The minimum absolute atomic E-state index is 0.00268. The van der Waals surface area contributed by atoms with E-state index in [1.54, 1.807) is 0 Å². The van der Waals surface area contributed by atoms with E-state index in [0.717, 1.165) is 29.2 Å². The molecule has 0 spiro atoms. The standard InChI is InChI=1S/C19H27N3O2S/c20-18(24)22-15(16-2-1-3-25-16)7-17(23)21-11-19-8-12-4-13(9-19)6-14(5-12)10-19/h1-3,12-15H,4-11H2,(H,21,23)(H3,20,22,24). The van der Waals surface area contributed by atoms with E-state index in [-0.39, 0.29) is 18.4 Å². The highest BCUT2D eigenvalue weighted by atomic mass is 32.1. The second-order valence-electron chi connectivity index (χ2n) is 8.48. The summed E-state index contributed by atoms with van der Waals surface area (Å²) in [5, 5.41) is 7.82. The number of amides is 3. The third kappa shape index (κ3) is 3.68. The molecule has 3 amide bonds. The van der Waals surface area contributed by atoms with Crippen molar-refractivity contribution in [1.82, 2.24) is 10.6 Å². The Bertz CT molecular complexity index is 608. The summed E-state index contributed by atoms with van der Waals surface area (Å²) in [6.07, 6.45) is 8.34. The van der Waals surface area contributed by atoms with E-state index in [2.05, 4.69) is 10.6 Å². The Morgan fingerprint density at radius 3 is 2.36 bits per heavy atom. The molecule has 1 atom stereocenters. The first-order valence-electron chi connectivity index (χ1n) is 9.37. The van der Waals surface area contributed by atoms with Crippen LogP contribution in [-0.2, 0) is 4.79 Å². The van der Waals surface area contributed by atoms with Gasteiger partial charge in [-0.1, -0.05) is 6.07 Å². The Balaban J connectivity index is 1.35. The molecule has 0 aliphatic heterocycles. The van der Waals surface area contributed by atoms with Crippen molar-refractivity contribution in [2.24, 2.45) is 28.9 Å². The van der Waals surface area contributed by atoms with Gasteiger partial charge < -0.3 is 16.4 Å². The highest BCUT2D eigenvalue weighted by molar-refractivity contribution is 7.10. The van der Waals surface area contributed by atoms with Crippen LogP contribution in [0.25, 0.3) is 0 Å². The Labute approximate surface area is 152 Å². The van der Waals surface area contributed by atoms with Crippen LogP contribution in [0.4, 0.5) is 4.79 Å². The zero-order chi connectivity index (χ0) is 17.4. The number of rotatable bonds is 6. The van der Waals surface area contributed by atoms with Crippen LogP contribution in [0.1, 0.15) is 55.9 Å². The van der Waals surface area contributed by atoms with E-state index in [9.17, 15) is 9.59 Å². The van der Waals surface area contributed by atoms with Crippen molar-refractivity contribution in [2.45, 2.75) is 51.0 Å². The zero-order valence-electron chi connectivity index (χ0n) is 14.5. The fourth-order valence-electron chi connectivity index (χ4n) is 5.93. The predicted octanol–water partition coefficient (Wildman–Crippen LogP) is 3.18. The molecular weight excluding hydrogens is 334 g/mol. The van der Waals surface area contributed by atoms with E-state index in [0.29, 0.717) is 5.41 Å². The van der Waals surface area contributed by atoms with Crippen LogP contribution in [0.3, 0.4) is 0 Å². The van der Waals surface area contributed by atoms with Crippen molar-refractivity contribution in [2.75, 3.05) is 6.54 Å². The van der Waals surface area contributed by atoms with Crippen molar-refractivity contribution < 1.29 is 9.59 Å². The highest BCUT2D eigenvalue weighted by Crippen LogP contribution is 2.59. The summed E-state index contributed by atoms with van der Waals surface area (Å²) >= 11 is 1.53. The third-order valence-corrected chi connectivity index (χ3v) is 7.40. The molecule has 1 aromatic heterocycles. The first-order chi connectivity index (χ1) is 12.0. The number of nitrogens with one attached hydrogen (secondary N) is 2. The van der Waals surface area contributed by atoms with Gasteiger partial charge in [0, 0.05) is 11.4 Å². The van der Waals surface area contributed by atoms with Crippen LogP contribution in [0.15, 0.2) is 17.5 Å². The summed E-state index contributed by atoms with van der Waals surface area (Å²) in [5.41, 5.74) is 5.61. The lowest BCUT2D eigenvalue weighted by Crippen LogP contribution is -2.51. The van der Waals surface area contributed by atoms with Gasteiger partial charge >= 0.3 is 6.03 Å². The van der Waals surface area contributed by atoms with Crippen LogP contribution in [-0.4, -0.2) is 18.5 Å². The van der Waals surface area contributed by atoms with Gasteiger partial charge in [-0.25, -0.2) is 4.79 Å². The van der Waals surface area contributed by atoms with Gasteiger partial charge in [0.2, 0.25) is 5.91 Å². The van der Waals surface area contributed by atoms with Crippen molar-refractivity contribution in [3.8, 4) is 0 Å². The van der Waals surface area contributed by atoms with Crippen molar-refractivity contribution >= 4 is 23.3 Å². The first kappa shape index (κ1) is 16.9. The molecule has 5 nitrogen and oxygen atoms in total. The van der Waals surface area contributed by atoms with Gasteiger partial charge in [-0.05, 0) is 73.1 Å². The summed E-state index contributed by atoms with van der Waals surface area (Å²) in [6, 6.07) is 2.92. The second-order valence-corrected chi connectivity index (χ2v) is 9.45. The minimum atomic E-state index is -0.590. The number of thiophene rings is 1. The van der Waals surface area contributed by atoms with Crippen LogP contribution >= 0.6 is 11.3 Å². The summed E-state index contributed by atoms with van der Waals surface area (Å²) < 4.78 is 0. The summed E-state index contributed by atoms with van der Waals surface area (Å²) in [4.78, 5) is 24.7. The molecule has 4 aliphatic carbocycles. The quantitative estimate of drug-likeness (QED) is 0.727. The number of carbonyl (C=O) groups excluding carboxylic acids is 2. The number of hydrogen-bond acceptors (Lipinski definition) is 3. The molecule has 4 bridgehead atoms. The molecule has 136 valence electrons. The Kier molecular flexibility index (Phi) is 4.48. The number of hydrogen-bond donors (Lipinski definition) is 3. The topological polar surface area (TPSA) is 84.2 Å². The molecule has 4 fully saturated rings. The average molecular weight is 362 g/mol. The normalized spacial score (nSPS) is 33.8. The van der Waals surface area contributed by atoms with Gasteiger partial charge in [0.1, 0.15) is 0 Å². The molecule has 4 aliphatic rings. The first-order valence-corrected chi connectivity index (χ1v) is 10.3. The third-order valence-electron chi connectivity index (χ3n) is 6.42. The molecule has 1 heterocycles. The monoisotopic (exact) mass is 361 g/mol. The van der Waals surface area contributed by atoms with Gasteiger partial charge in [0.05, 0.1) is 12.5 Å². The molecule has 5 rings (SSSR count). The number of primary amides is 1. The van der Waals surface area contributed by atoms with Crippen LogP contribution < -0.4 is 16.4 Å². The average Bonchev–Trinajstić information content (AvgIpc) is 3.05. The van der Waals surface area contributed by atoms with E-state index in [1.807, 2.05) is 17.5 Å². The number of urea groups is 1. The molecule has 0 saturated heterocycles. The van der Waals surface area contributed by atoms with Gasteiger partial charge in [-0.2, -0.15) is 0 Å². The molecule has 1 unspecified atom stereocenters. The molecule has 0 aromatic carbocycles. The van der Waals surface area contributed by atoms with Crippen molar-refractivity contribution in [1.29, 1.82) is 0 Å². The minimum Gasteiger partial charge on any atom is -0.355 e. The van der Waals surface area contributed by atoms with Crippen LogP contribution in [0, 0.1) is 23.2 Å². The molecule has 6 heteroatoms. The lowest BCUT2D eigenvalue weighted by Gasteiger charge is -2.56. The van der Waals surface area contributed by atoms with Gasteiger partial charge in [-0.3, -0.25) is 4.79 Å². The molecular formula is C19H27N3O2S. The maximum Gasteiger partial charge on any atom is 0.312 e. The van der Waals surface area contributed by atoms with E-state index in [1.165, 1.54) is 49.9 Å². The predicted molar refractivity (Wildman–Crippen MR) is 98.0 cm³/mol. The van der Waals surface area contributed by atoms with E-state index < -0.39 is 6.03 Å². The smallest absolute Gasteiger partial charge is 0.312 e. The molecule has 1 aromatic rings. The number of carbonyl (C=O) groups is 2. The fraction of sp³-hybridized carbons (Fsp3) is 0.684. The lowest BCUT2D eigenvalue weighted by atomic mass is 9.49. The number of nitrogens with two attached hydrogens (primary N) is 1. The van der Waals surface area contributed by atoms with Gasteiger partial charge in [0.25, 0.3) is 0 Å². The van der Waals surface area contributed by atoms with Crippen LogP contribution in [0.5, 0.6) is 0 Å². The molecule has 4 saturated carbocycles. The molecule has 0 radical (unpaired) electrons. The van der Waals surface area contributed by atoms with E-state index in [4.69, 9.17) is 5.73 Å². The largest absolute Gasteiger partial charge is 0.355 e. The Morgan fingerprint density at radius 2 is 1.84 bits per heavy atom. The zero-order valence-corrected chi connectivity index (χ0v) is 15.3. The highest BCUT2D eigenvalue weighted by Gasteiger charge is 2.50. The SMILES string of the molecule is NC(=O)NC(CC(=O)NCC12CC3CC(CC(C3)C1)C2)c1cccs1. The Hall–Kier alpha value is -1.56. The maximum atomic E-state index is 12.5. The van der Waals surface area contributed by atoms with Gasteiger partial charge in [-0.15, -0.1) is 11.3 Å². The van der Waals surface area contributed by atoms with Crippen molar-refractivity contribution in [3.63, 3.8) is 0 Å². The maximum absolute atomic E-state index is 12.5. The summed E-state index contributed by atoms with van der Waals surface area (Å²) in [7, 11) is 0. The van der Waals surface area contributed by atoms with Crippen LogP contribution in [0.2, 0.25) is 0 Å². The summed E-state index contributed by atoms with van der Waals surface area (Å²) in [6.45, 7) is 0.795. The Morgan fingerprint density at radius 1 is 1.20 bits per heavy atom. The van der Waals surface area contributed by atoms with Gasteiger partial charge in [0.15, 0.2) is 0 Å². The van der Waals surface area contributed by atoms with E-state index >= 15 is 0 Å². The molecule has 25 heavy (non-hydrogen) atoms. The second kappa shape index (κ2) is 6.63. The van der Waals surface area contributed by atoms with Crippen molar-refractivity contribution in [3.05, 3.63) is 22.4 Å². The molecule has 4 N–H and O–H groups in total. The summed E-state index contributed by atoms with van der Waals surface area (Å²) in [5.74, 6) is 2.67.